The van der Waals surface area contributed by atoms with Crippen LogP contribution in [0, 0.1) is 11.3 Å². The number of hydrogen-bond acceptors (Lipinski definition) is 8. The molecule has 0 spiro atoms. The topological polar surface area (TPSA) is 114 Å². The van der Waals surface area contributed by atoms with Crippen LogP contribution in [-0.4, -0.2) is 60.7 Å². The molecule has 2 fully saturated rings. The first-order chi connectivity index (χ1) is 18.2. The molecule has 1 aliphatic carbocycles. The Kier molecular flexibility index (Phi) is 11.7. The summed E-state index contributed by atoms with van der Waals surface area (Å²) in [5, 5.41) is 23.3. The highest BCUT2D eigenvalue weighted by molar-refractivity contribution is 5.72. The molecule has 1 aliphatic heterocycles. The van der Waals surface area contributed by atoms with Crippen molar-refractivity contribution in [2.45, 2.75) is 109 Å². The SMILES string of the molecule is COc1cc(CC2(C(CC(CCCC(C)O)OC(C)=O)OC(=O)C3CCCCC3)CCNCC2)ccc1O. The molecule has 8 nitrogen and oxygen atoms in total. The van der Waals surface area contributed by atoms with Crippen LogP contribution in [0.15, 0.2) is 18.2 Å². The summed E-state index contributed by atoms with van der Waals surface area (Å²) in [6, 6.07) is 5.39. The molecule has 3 rings (SSSR count). The van der Waals surface area contributed by atoms with Crippen molar-refractivity contribution in [3.8, 4) is 11.5 Å². The number of aliphatic hydroxyl groups excluding tert-OH is 1. The Morgan fingerprint density at radius 2 is 1.82 bits per heavy atom. The van der Waals surface area contributed by atoms with Crippen molar-refractivity contribution in [3.05, 3.63) is 23.8 Å². The standard InChI is InChI=1S/C30H47NO7/c1-21(32)8-7-11-25(37-22(2)33)19-28(38-29(35)24-9-5-4-6-10-24)30(14-16-31-17-15-30)20-23-12-13-26(34)27(18-23)36-3/h12-13,18,21,24-25,28,31-32,34H,4-11,14-17,19-20H2,1-3H3. The van der Waals surface area contributed by atoms with Crippen LogP contribution in [0.5, 0.6) is 11.5 Å². The second kappa shape index (κ2) is 14.7. The van der Waals surface area contributed by atoms with Crippen LogP contribution in [-0.2, 0) is 25.5 Å². The van der Waals surface area contributed by atoms with Crippen LogP contribution >= 0.6 is 0 Å². The average molecular weight is 534 g/mol. The number of methoxy groups -OCH3 is 1. The number of rotatable bonds is 13. The smallest absolute Gasteiger partial charge is 0.309 e. The summed E-state index contributed by atoms with van der Waals surface area (Å²) in [6.07, 6.45) is 8.31. The number of aromatic hydroxyl groups is 1. The van der Waals surface area contributed by atoms with E-state index in [1.165, 1.54) is 14.0 Å². The van der Waals surface area contributed by atoms with Crippen molar-refractivity contribution in [1.82, 2.24) is 5.32 Å². The van der Waals surface area contributed by atoms with Gasteiger partial charge in [-0.1, -0.05) is 25.3 Å². The maximum absolute atomic E-state index is 13.5. The van der Waals surface area contributed by atoms with E-state index < -0.39 is 18.3 Å². The molecule has 3 N–H and O–H groups in total. The van der Waals surface area contributed by atoms with Gasteiger partial charge in [0.05, 0.1) is 19.1 Å². The predicted octanol–water partition coefficient (Wildman–Crippen LogP) is 4.68. The molecule has 0 aromatic heterocycles. The van der Waals surface area contributed by atoms with Gasteiger partial charge >= 0.3 is 11.9 Å². The third-order valence-corrected chi connectivity index (χ3v) is 8.24. The molecule has 38 heavy (non-hydrogen) atoms. The van der Waals surface area contributed by atoms with Gasteiger partial charge < -0.3 is 29.7 Å². The third kappa shape index (κ3) is 8.87. The van der Waals surface area contributed by atoms with E-state index >= 15 is 0 Å². The number of esters is 2. The van der Waals surface area contributed by atoms with Crippen molar-refractivity contribution in [3.63, 3.8) is 0 Å². The number of ether oxygens (including phenoxy) is 3. The molecule has 3 unspecified atom stereocenters. The van der Waals surface area contributed by atoms with E-state index in [1.54, 1.807) is 13.0 Å². The molecule has 0 radical (unpaired) electrons. The van der Waals surface area contributed by atoms with E-state index in [0.29, 0.717) is 37.9 Å². The lowest BCUT2D eigenvalue weighted by Gasteiger charge is -2.45. The number of phenolic OH excluding ortho intramolecular Hbond substituents is 1. The molecule has 1 aromatic rings. The fraction of sp³-hybridized carbons (Fsp3) is 0.733. The second-order valence-corrected chi connectivity index (χ2v) is 11.3. The quantitative estimate of drug-likeness (QED) is 0.313. The maximum Gasteiger partial charge on any atom is 0.309 e. The fourth-order valence-corrected chi connectivity index (χ4v) is 6.11. The molecule has 8 heteroatoms. The molecular weight excluding hydrogens is 486 g/mol. The minimum absolute atomic E-state index is 0.0822. The molecule has 1 heterocycles. The molecule has 214 valence electrons. The Morgan fingerprint density at radius 1 is 1.11 bits per heavy atom. The number of piperidine rings is 1. The van der Waals surface area contributed by atoms with Crippen molar-refractivity contribution < 1.29 is 34.0 Å². The normalized spacial score (nSPS) is 20.2. The number of phenols is 1. The van der Waals surface area contributed by atoms with Crippen molar-refractivity contribution in [1.29, 1.82) is 0 Å². The first-order valence-electron chi connectivity index (χ1n) is 14.3. The van der Waals surface area contributed by atoms with Crippen LogP contribution in [0.1, 0.15) is 90.0 Å². The monoisotopic (exact) mass is 533 g/mol. The number of nitrogens with one attached hydrogen (secondary N) is 1. The Hall–Kier alpha value is -2.32. The largest absolute Gasteiger partial charge is 0.504 e. The Bertz CT molecular complexity index is 891. The van der Waals surface area contributed by atoms with Gasteiger partial charge in [0, 0.05) is 18.8 Å². The van der Waals surface area contributed by atoms with Crippen LogP contribution < -0.4 is 10.1 Å². The molecular formula is C30H47NO7. The fourth-order valence-electron chi connectivity index (χ4n) is 6.11. The summed E-state index contributed by atoms with van der Waals surface area (Å²) in [7, 11) is 1.53. The number of hydrogen-bond donors (Lipinski definition) is 3. The highest BCUT2D eigenvalue weighted by Crippen LogP contribution is 2.43. The Balaban J connectivity index is 1.91. The second-order valence-electron chi connectivity index (χ2n) is 11.3. The lowest BCUT2D eigenvalue weighted by atomic mass is 9.68. The van der Waals surface area contributed by atoms with E-state index in [-0.39, 0.29) is 29.0 Å². The van der Waals surface area contributed by atoms with Crippen LogP contribution in [0.2, 0.25) is 0 Å². The molecule has 0 bridgehead atoms. The molecule has 1 saturated heterocycles. The summed E-state index contributed by atoms with van der Waals surface area (Å²) in [4.78, 5) is 25.5. The van der Waals surface area contributed by atoms with Gasteiger partial charge in [-0.2, -0.15) is 0 Å². The third-order valence-electron chi connectivity index (χ3n) is 8.24. The first-order valence-corrected chi connectivity index (χ1v) is 14.3. The van der Waals surface area contributed by atoms with Gasteiger partial charge in [-0.05, 0) is 89.1 Å². The van der Waals surface area contributed by atoms with E-state index in [1.807, 2.05) is 12.1 Å². The molecule has 3 atom stereocenters. The first kappa shape index (κ1) is 30.2. The lowest BCUT2D eigenvalue weighted by molar-refractivity contribution is -0.169. The van der Waals surface area contributed by atoms with Gasteiger partial charge in [0.15, 0.2) is 11.5 Å². The summed E-state index contributed by atoms with van der Waals surface area (Å²) >= 11 is 0. The maximum atomic E-state index is 13.5. The average Bonchev–Trinajstić information content (AvgIpc) is 2.89. The zero-order valence-corrected chi connectivity index (χ0v) is 23.4. The van der Waals surface area contributed by atoms with Gasteiger partial charge in [0.25, 0.3) is 0 Å². The molecule has 2 aliphatic rings. The minimum atomic E-state index is -0.435. The summed E-state index contributed by atoms with van der Waals surface area (Å²) in [5.41, 5.74) is 0.638. The van der Waals surface area contributed by atoms with E-state index in [9.17, 15) is 19.8 Å². The van der Waals surface area contributed by atoms with Gasteiger partial charge in [-0.25, -0.2) is 0 Å². The van der Waals surface area contributed by atoms with Gasteiger partial charge in [-0.15, -0.1) is 0 Å². The highest BCUT2D eigenvalue weighted by Gasteiger charge is 2.44. The van der Waals surface area contributed by atoms with Crippen molar-refractivity contribution >= 4 is 11.9 Å². The van der Waals surface area contributed by atoms with Gasteiger partial charge in [-0.3, -0.25) is 9.59 Å². The Morgan fingerprint density at radius 3 is 2.45 bits per heavy atom. The lowest BCUT2D eigenvalue weighted by Crippen LogP contribution is -2.49. The molecule has 1 aromatic carbocycles. The zero-order valence-electron chi connectivity index (χ0n) is 23.4. The van der Waals surface area contributed by atoms with Crippen LogP contribution in [0.25, 0.3) is 0 Å². The van der Waals surface area contributed by atoms with E-state index in [2.05, 4.69) is 5.32 Å². The predicted molar refractivity (Wildman–Crippen MR) is 145 cm³/mol. The van der Waals surface area contributed by atoms with Crippen LogP contribution in [0.4, 0.5) is 0 Å². The van der Waals surface area contributed by atoms with Crippen molar-refractivity contribution in [2.24, 2.45) is 11.3 Å². The van der Waals surface area contributed by atoms with E-state index in [0.717, 1.165) is 63.6 Å². The zero-order chi connectivity index (χ0) is 27.5. The van der Waals surface area contributed by atoms with Gasteiger partial charge in [0.2, 0.25) is 0 Å². The summed E-state index contributed by atoms with van der Waals surface area (Å²) in [5.74, 6) is -0.0724. The minimum Gasteiger partial charge on any atom is -0.504 e. The summed E-state index contributed by atoms with van der Waals surface area (Å²) in [6.45, 7) is 4.76. The molecule has 1 saturated carbocycles. The number of aliphatic hydroxyl groups is 1. The molecule has 0 amide bonds. The number of carbonyl (C=O) groups is 2. The number of carbonyl (C=O) groups excluding carboxylic acids is 2. The number of benzene rings is 1. The van der Waals surface area contributed by atoms with Crippen LogP contribution in [0.3, 0.4) is 0 Å². The Labute approximate surface area is 227 Å². The summed E-state index contributed by atoms with van der Waals surface area (Å²) < 4.78 is 17.5. The highest BCUT2D eigenvalue weighted by atomic mass is 16.6. The van der Waals surface area contributed by atoms with Crippen molar-refractivity contribution in [2.75, 3.05) is 20.2 Å². The van der Waals surface area contributed by atoms with Gasteiger partial charge in [0.1, 0.15) is 12.2 Å². The van der Waals surface area contributed by atoms with E-state index in [4.69, 9.17) is 14.2 Å².